The first-order valence-electron chi connectivity index (χ1n) is 9.31. The zero-order valence-corrected chi connectivity index (χ0v) is 16.2. The number of carbonyl (C=O) groups excluding carboxylic acids is 1. The molecule has 0 unspecified atom stereocenters. The van der Waals surface area contributed by atoms with Crippen LogP contribution in [-0.2, 0) is 0 Å². The zero-order valence-electron chi connectivity index (χ0n) is 16.2. The van der Waals surface area contributed by atoms with Crippen LogP contribution in [0.15, 0.2) is 48.5 Å². The van der Waals surface area contributed by atoms with Crippen molar-refractivity contribution in [3.63, 3.8) is 0 Å². The Morgan fingerprint density at radius 3 is 2.46 bits per heavy atom. The Morgan fingerprint density at radius 2 is 1.82 bits per heavy atom. The molecule has 0 saturated heterocycles. The number of para-hydroxylation sites is 2. The molecule has 0 bridgehead atoms. The summed E-state index contributed by atoms with van der Waals surface area (Å²) in [6.45, 7) is 2.01. The highest BCUT2D eigenvalue weighted by Crippen LogP contribution is 2.43. The molecule has 0 atom stereocenters. The van der Waals surface area contributed by atoms with Gasteiger partial charge in [-0.3, -0.25) is 4.79 Å². The maximum absolute atomic E-state index is 13.1. The summed E-state index contributed by atoms with van der Waals surface area (Å²) in [4.78, 5) is 13.1. The molecule has 6 nitrogen and oxygen atoms in total. The average molecular weight is 377 g/mol. The smallest absolute Gasteiger partial charge is 0.260 e. The zero-order chi connectivity index (χ0) is 19.7. The fourth-order valence-corrected chi connectivity index (χ4v) is 3.40. The number of carbonyl (C=O) groups is 1. The third-order valence-corrected chi connectivity index (χ3v) is 5.00. The second kappa shape index (κ2) is 7.38. The van der Waals surface area contributed by atoms with Gasteiger partial charge < -0.3 is 14.8 Å². The molecule has 1 N–H and O–H groups in total. The van der Waals surface area contributed by atoms with Gasteiger partial charge >= 0.3 is 0 Å². The highest BCUT2D eigenvalue weighted by atomic mass is 16.5. The van der Waals surface area contributed by atoms with E-state index in [4.69, 9.17) is 14.6 Å². The number of nitrogens with one attached hydrogen (secondary N) is 1. The minimum absolute atomic E-state index is 0.265. The number of ether oxygens (including phenoxy) is 2. The topological polar surface area (TPSA) is 65.4 Å². The number of aromatic nitrogens is 2. The summed E-state index contributed by atoms with van der Waals surface area (Å²) in [5.41, 5.74) is 3.37. The second-order valence-corrected chi connectivity index (χ2v) is 6.88. The lowest BCUT2D eigenvalue weighted by atomic mass is 10.1. The lowest BCUT2D eigenvalue weighted by Crippen LogP contribution is -2.17. The number of methoxy groups -OCH3 is 2. The summed E-state index contributed by atoms with van der Waals surface area (Å²) < 4.78 is 12.5. The molecule has 0 aliphatic heterocycles. The van der Waals surface area contributed by atoms with E-state index in [-0.39, 0.29) is 5.91 Å². The van der Waals surface area contributed by atoms with Crippen LogP contribution in [0.5, 0.6) is 11.5 Å². The van der Waals surface area contributed by atoms with E-state index in [9.17, 15) is 4.79 Å². The number of hydrogen-bond acceptors (Lipinski definition) is 4. The molecule has 28 heavy (non-hydrogen) atoms. The van der Waals surface area contributed by atoms with Crippen LogP contribution >= 0.6 is 0 Å². The number of benzene rings is 2. The normalized spacial score (nSPS) is 13.2. The predicted octanol–water partition coefficient (Wildman–Crippen LogP) is 4.33. The van der Waals surface area contributed by atoms with Crippen LogP contribution in [-0.4, -0.2) is 29.9 Å². The van der Waals surface area contributed by atoms with Gasteiger partial charge in [0.15, 0.2) is 11.5 Å². The van der Waals surface area contributed by atoms with Gasteiger partial charge in [0.05, 0.1) is 31.2 Å². The minimum atomic E-state index is -0.265. The van der Waals surface area contributed by atoms with E-state index < -0.39 is 0 Å². The molecule has 1 aliphatic rings. The van der Waals surface area contributed by atoms with E-state index >= 15 is 0 Å². The lowest BCUT2D eigenvalue weighted by Gasteiger charge is -2.14. The number of nitrogens with zero attached hydrogens (tertiary/aromatic N) is 2. The van der Waals surface area contributed by atoms with Crippen molar-refractivity contribution in [1.82, 2.24) is 9.78 Å². The van der Waals surface area contributed by atoms with E-state index in [1.807, 2.05) is 41.9 Å². The van der Waals surface area contributed by atoms with Gasteiger partial charge in [0, 0.05) is 11.5 Å². The van der Waals surface area contributed by atoms with Gasteiger partial charge in [-0.2, -0.15) is 5.10 Å². The van der Waals surface area contributed by atoms with Crippen molar-refractivity contribution in [2.24, 2.45) is 0 Å². The monoisotopic (exact) mass is 377 g/mol. The summed E-state index contributed by atoms with van der Waals surface area (Å²) in [5.74, 6) is 1.82. The molecule has 2 aromatic carbocycles. The fourth-order valence-electron chi connectivity index (χ4n) is 3.40. The number of rotatable bonds is 6. The summed E-state index contributed by atoms with van der Waals surface area (Å²) in [5, 5.41) is 7.86. The largest absolute Gasteiger partial charge is 0.493 e. The Bertz CT molecular complexity index is 1010. The molecule has 1 fully saturated rings. The average Bonchev–Trinajstić information content (AvgIpc) is 3.53. The Hall–Kier alpha value is -3.28. The Balaban J connectivity index is 1.75. The van der Waals surface area contributed by atoms with Gasteiger partial charge in [0.25, 0.3) is 5.91 Å². The van der Waals surface area contributed by atoms with E-state index in [0.717, 1.165) is 29.8 Å². The third-order valence-electron chi connectivity index (χ3n) is 5.00. The third kappa shape index (κ3) is 3.22. The Labute approximate surface area is 164 Å². The summed E-state index contributed by atoms with van der Waals surface area (Å²) in [6, 6.07) is 15.1. The highest BCUT2D eigenvalue weighted by Gasteiger charge is 2.31. The van der Waals surface area contributed by atoms with Crippen LogP contribution in [0.2, 0.25) is 0 Å². The fraction of sp³-hybridized carbons (Fsp3) is 0.273. The molecule has 1 amide bonds. The molecular weight excluding hydrogens is 354 g/mol. The summed E-state index contributed by atoms with van der Waals surface area (Å²) in [7, 11) is 3.08. The van der Waals surface area contributed by atoms with Crippen molar-refractivity contribution in [1.29, 1.82) is 0 Å². The first-order valence-corrected chi connectivity index (χ1v) is 9.31. The van der Waals surface area contributed by atoms with Crippen molar-refractivity contribution < 1.29 is 14.3 Å². The second-order valence-electron chi connectivity index (χ2n) is 6.88. The SMILES string of the molecule is COc1cccc(C(=O)Nc2c(C)c(C3CC3)nn2-c2ccccc2)c1OC. The Morgan fingerprint density at radius 1 is 1.07 bits per heavy atom. The predicted molar refractivity (Wildman–Crippen MR) is 108 cm³/mol. The first kappa shape index (κ1) is 18.1. The van der Waals surface area contributed by atoms with Crippen LogP contribution in [0, 0.1) is 6.92 Å². The van der Waals surface area contributed by atoms with Gasteiger partial charge in [0.1, 0.15) is 5.82 Å². The Kier molecular flexibility index (Phi) is 4.77. The van der Waals surface area contributed by atoms with Crippen LogP contribution in [0.4, 0.5) is 5.82 Å². The molecule has 0 spiro atoms. The van der Waals surface area contributed by atoms with E-state index in [1.165, 1.54) is 7.11 Å². The molecule has 1 heterocycles. The van der Waals surface area contributed by atoms with Crippen molar-refractivity contribution in [2.45, 2.75) is 25.7 Å². The molecule has 144 valence electrons. The highest BCUT2D eigenvalue weighted by molar-refractivity contribution is 6.06. The number of hydrogen-bond donors (Lipinski definition) is 1. The van der Waals surface area contributed by atoms with Gasteiger partial charge in [-0.1, -0.05) is 24.3 Å². The molecule has 1 aliphatic carbocycles. The molecule has 4 rings (SSSR count). The maximum Gasteiger partial charge on any atom is 0.260 e. The van der Waals surface area contributed by atoms with Crippen molar-refractivity contribution in [2.75, 3.05) is 19.5 Å². The quantitative estimate of drug-likeness (QED) is 0.694. The van der Waals surface area contributed by atoms with Crippen LogP contribution < -0.4 is 14.8 Å². The lowest BCUT2D eigenvalue weighted by molar-refractivity contribution is 0.102. The standard InChI is InChI=1S/C22H23N3O3/c1-14-19(15-12-13-15)24-25(16-8-5-4-6-9-16)21(14)23-22(26)17-10-7-11-18(27-2)20(17)28-3/h4-11,15H,12-13H2,1-3H3,(H,23,26). The van der Waals surface area contributed by atoms with Gasteiger partial charge in [-0.25, -0.2) is 4.68 Å². The van der Waals surface area contributed by atoms with Gasteiger partial charge in [-0.05, 0) is 44.0 Å². The van der Waals surface area contributed by atoms with Crippen LogP contribution in [0.25, 0.3) is 5.69 Å². The van der Waals surface area contributed by atoms with Crippen molar-refractivity contribution in [3.05, 3.63) is 65.4 Å². The molecule has 1 aromatic heterocycles. The summed E-state index contributed by atoms with van der Waals surface area (Å²) >= 11 is 0. The maximum atomic E-state index is 13.1. The molecule has 0 radical (unpaired) electrons. The molecule has 1 saturated carbocycles. The molecular formula is C22H23N3O3. The van der Waals surface area contributed by atoms with Gasteiger partial charge in [0.2, 0.25) is 0 Å². The molecule has 6 heteroatoms. The van der Waals surface area contributed by atoms with Crippen molar-refractivity contribution in [3.8, 4) is 17.2 Å². The van der Waals surface area contributed by atoms with Crippen molar-refractivity contribution >= 4 is 11.7 Å². The van der Waals surface area contributed by atoms with Crippen LogP contribution in [0.3, 0.4) is 0 Å². The minimum Gasteiger partial charge on any atom is -0.493 e. The first-order chi connectivity index (χ1) is 13.6. The summed E-state index contributed by atoms with van der Waals surface area (Å²) in [6.07, 6.45) is 2.29. The number of anilines is 1. The van der Waals surface area contributed by atoms with Gasteiger partial charge in [-0.15, -0.1) is 0 Å². The van der Waals surface area contributed by atoms with E-state index in [1.54, 1.807) is 25.3 Å². The number of amides is 1. The van der Waals surface area contributed by atoms with Crippen LogP contribution in [0.1, 0.15) is 40.4 Å². The molecule has 3 aromatic rings. The van der Waals surface area contributed by atoms with E-state index in [2.05, 4.69) is 5.32 Å². The van der Waals surface area contributed by atoms with E-state index in [0.29, 0.717) is 28.8 Å².